The first-order valence-electron chi connectivity index (χ1n) is 29.2. The maximum Gasteiger partial charge on any atom is 0.235 e. The molecule has 5 aromatic heterocycles. The fourth-order valence-electron chi connectivity index (χ4n) is 10.00. The molecule has 25 heteroatoms. The molecule has 0 fully saturated rings. The van der Waals surface area contributed by atoms with Gasteiger partial charge in [0.15, 0.2) is 51.8 Å². The van der Waals surface area contributed by atoms with E-state index in [-0.39, 0.29) is 124 Å². The molecule has 0 amide bonds. The molecule has 5 heterocycles. The molecule has 0 aliphatic rings. The van der Waals surface area contributed by atoms with Gasteiger partial charge in [-0.2, -0.15) is 0 Å². The van der Waals surface area contributed by atoms with Crippen molar-refractivity contribution in [3.63, 3.8) is 0 Å². The number of fused-ring (bicyclic) bond motifs is 5. The van der Waals surface area contributed by atoms with Crippen LogP contribution in [0.3, 0.4) is 0 Å². The van der Waals surface area contributed by atoms with Gasteiger partial charge in [-0.15, -0.1) is 0 Å². The molecule has 0 saturated heterocycles. The Morgan fingerprint density at radius 3 is 0.770 bits per heavy atom. The Morgan fingerprint density at radius 2 is 0.450 bits per heavy atom. The van der Waals surface area contributed by atoms with Crippen molar-refractivity contribution in [2.75, 3.05) is 0 Å². The number of benzene rings is 10. The summed E-state index contributed by atoms with van der Waals surface area (Å²) in [5, 5.41) is 145. The van der Waals surface area contributed by atoms with Crippen LogP contribution in [-0.2, 0) is 0 Å². The van der Waals surface area contributed by atoms with Crippen molar-refractivity contribution in [2.24, 2.45) is 0 Å². The topological polar surface area (TPSA) is 454 Å². The van der Waals surface area contributed by atoms with Gasteiger partial charge in [0.1, 0.15) is 62.4 Å². The highest BCUT2D eigenvalue weighted by molar-refractivity contribution is 5.87. The van der Waals surface area contributed by atoms with Crippen molar-refractivity contribution in [3.8, 4) is 143 Å². The SMILES string of the molecule is O=c1c(O)c(-c2ccc(O)c(O)c2)oc2cc(O)ccc12.O=c1c(O)c(-c2ccc(O)c(O)c2)oc2ccccc12.O=c1c(O)c(-c2ccc(O)cc2)oc2cc(O)ccc12.O=c1c(O)c(-c2cccc(O)c2)oc2cc(O)ccc12.O=c1c(O)c(-c2cccc(O)c2)oc2ccccc12. The van der Waals surface area contributed by atoms with Gasteiger partial charge in [-0.1, -0.05) is 48.5 Å². The van der Waals surface area contributed by atoms with Crippen LogP contribution in [0.4, 0.5) is 0 Å². The average molecular weight is 1350 g/mol. The second-order valence-corrected chi connectivity index (χ2v) is 21.6. The van der Waals surface area contributed by atoms with Crippen LogP contribution >= 0.6 is 0 Å². The summed E-state index contributed by atoms with van der Waals surface area (Å²) >= 11 is 0. The van der Waals surface area contributed by atoms with Crippen molar-refractivity contribution >= 4 is 54.8 Å². The monoisotopic (exact) mass is 1350 g/mol. The van der Waals surface area contributed by atoms with Gasteiger partial charge >= 0.3 is 0 Å². The molecule has 15 N–H and O–H groups in total. The molecular formula is C75H50O25. The number of phenolic OH excluding ortho intramolecular Hbond substituents is 10. The third-order valence-corrected chi connectivity index (χ3v) is 14.9. The maximum absolute atomic E-state index is 12.1. The summed E-state index contributed by atoms with van der Waals surface area (Å²) in [7, 11) is 0. The average Bonchev–Trinajstić information content (AvgIpc) is 0.810. The van der Waals surface area contributed by atoms with Crippen LogP contribution in [0.25, 0.3) is 111 Å². The van der Waals surface area contributed by atoms with Crippen LogP contribution in [0.15, 0.2) is 258 Å². The summed E-state index contributed by atoms with van der Waals surface area (Å²) in [6, 6.07) is 50.9. The third kappa shape index (κ3) is 13.8. The van der Waals surface area contributed by atoms with E-state index in [9.17, 15) is 101 Å². The van der Waals surface area contributed by atoms with Crippen LogP contribution in [0.5, 0.6) is 86.2 Å². The van der Waals surface area contributed by atoms with E-state index in [1.165, 1.54) is 133 Å². The molecule has 100 heavy (non-hydrogen) atoms. The fourth-order valence-corrected chi connectivity index (χ4v) is 10.00. The summed E-state index contributed by atoms with van der Waals surface area (Å²) in [6.07, 6.45) is 0. The second-order valence-electron chi connectivity index (χ2n) is 21.6. The van der Waals surface area contributed by atoms with Crippen LogP contribution < -0.4 is 27.1 Å². The molecule has 10 aromatic carbocycles. The zero-order valence-electron chi connectivity index (χ0n) is 51.0. The Kier molecular flexibility index (Phi) is 18.5. The first-order chi connectivity index (χ1) is 47.8. The number of hydrogen-bond donors (Lipinski definition) is 15. The van der Waals surface area contributed by atoms with Crippen LogP contribution in [-0.4, -0.2) is 76.6 Å². The lowest BCUT2D eigenvalue weighted by Crippen LogP contribution is -2.02. The standard InChI is InChI=1S/C15H10O6.3C15H10O5.C15H10O4/c16-8-2-3-9-12(6-8)21-15(14(20)13(9)19)7-1-4-10(17)11(18)5-7;16-9-3-1-8(2-4-9)15-14(19)13(18)11-6-5-10(17)7-12(11)20-15;16-9-3-1-2-8(6-9)15-14(19)13(18)11-5-4-10(17)7-12(11)20-15;16-10-6-5-8(7-11(10)17)15-14(19)13(18)9-3-1-2-4-12(9)20-15;16-10-5-3-4-9(8-10)15-14(18)13(17)11-6-1-2-7-12(11)19-15/h1-6,16-18,20H;3*1-7,16-17,19H;1-8,16,18H. The number of hydrogen-bond acceptors (Lipinski definition) is 25. The molecule has 0 aliphatic carbocycles. The van der Waals surface area contributed by atoms with E-state index in [1.807, 2.05) is 0 Å². The summed E-state index contributed by atoms with van der Waals surface area (Å²) in [5.74, 6) is -4.35. The number of phenols is 10. The van der Waals surface area contributed by atoms with Gasteiger partial charge in [-0.3, -0.25) is 24.0 Å². The molecule has 0 unspecified atom stereocenters. The van der Waals surface area contributed by atoms with E-state index in [0.717, 1.165) is 6.07 Å². The van der Waals surface area contributed by atoms with Crippen molar-refractivity contribution < 1.29 is 98.7 Å². The Morgan fingerprint density at radius 1 is 0.190 bits per heavy atom. The van der Waals surface area contributed by atoms with Gasteiger partial charge < -0.3 is 98.7 Å². The zero-order chi connectivity index (χ0) is 71.4. The maximum atomic E-state index is 12.1. The van der Waals surface area contributed by atoms with E-state index in [4.69, 9.17) is 22.1 Å². The highest BCUT2D eigenvalue weighted by Gasteiger charge is 2.22. The molecule has 0 radical (unpaired) electrons. The number of para-hydroxylation sites is 2. The van der Waals surface area contributed by atoms with E-state index in [1.54, 1.807) is 72.8 Å². The highest BCUT2D eigenvalue weighted by atomic mass is 16.4. The van der Waals surface area contributed by atoms with E-state index >= 15 is 0 Å². The summed E-state index contributed by atoms with van der Waals surface area (Å²) in [5.41, 5.74) is 0.0647. The van der Waals surface area contributed by atoms with Gasteiger partial charge in [0.25, 0.3) is 0 Å². The van der Waals surface area contributed by atoms with Gasteiger partial charge in [-0.05, 0) is 146 Å². The predicted molar refractivity (Wildman–Crippen MR) is 365 cm³/mol. The van der Waals surface area contributed by atoms with E-state index in [2.05, 4.69) is 0 Å². The Labute approximate surface area is 557 Å². The number of aromatic hydroxyl groups is 15. The van der Waals surface area contributed by atoms with Gasteiger partial charge in [0, 0.05) is 46.0 Å². The molecule has 0 saturated carbocycles. The minimum Gasteiger partial charge on any atom is -0.508 e. The van der Waals surface area contributed by atoms with Crippen molar-refractivity contribution in [2.45, 2.75) is 0 Å². The molecule has 25 nitrogen and oxygen atoms in total. The Balaban J connectivity index is 0.000000126. The highest BCUT2D eigenvalue weighted by Crippen LogP contribution is 2.39. The molecule has 0 atom stereocenters. The molecule has 15 rings (SSSR count). The first kappa shape index (κ1) is 66.7. The Bertz CT molecular complexity index is 6010. The minimum absolute atomic E-state index is 0.00639. The third-order valence-electron chi connectivity index (χ3n) is 14.9. The lowest BCUT2D eigenvalue weighted by Gasteiger charge is -2.07. The summed E-state index contributed by atoms with van der Waals surface area (Å²) in [4.78, 5) is 60.3. The van der Waals surface area contributed by atoms with E-state index < -0.39 is 61.6 Å². The Hall–Kier alpha value is -14.8. The van der Waals surface area contributed by atoms with Crippen LogP contribution in [0.2, 0.25) is 0 Å². The fraction of sp³-hybridized carbons (Fsp3) is 0. The smallest absolute Gasteiger partial charge is 0.235 e. The molecule has 0 bridgehead atoms. The molecular weight excluding hydrogens is 1300 g/mol. The molecule has 15 aromatic rings. The lowest BCUT2D eigenvalue weighted by molar-refractivity contribution is 0.403. The van der Waals surface area contributed by atoms with Crippen molar-refractivity contribution in [3.05, 3.63) is 263 Å². The van der Waals surface area contributed by atoms with E-state index in [0.29, 0.717) is 38.8 Å². The second kappa shape index (κ2) is 27.7. The molecule has 0 spiro atoms. The van der Waals surface area contributed by atoms with Gasteiger partial charge in [0.2, 0.25) is 55.9 Å². The first-order valence-corrected chi connectivity index (χ1v) is 29.2. The predicted octanol–water partition coefficient (Wildman–Crippen LogP) is 12.9. The quantitative estimate of drug-likeness (QED) is 0.0712. The normalized spacial score (nSPS) is 10.8. The van der Waals surface area contributed by atoms with Crippen molar-refractivity contribution in [1.29, 1.82) is 0 Å². The largest absolute Gasteiger partial charge is 0.508 e. The van der Waals surface area contributed by atoms with Crippen LogP contribution in [0.1, 0.15) is 0 Å². The van der Waals surface area contributed by atoms with Gasteiger partial charge in [-0.25, -0.2) is 0 Å². The molecule has 500 valence electrons. The summed E-state index contributed by atoms with van der Waals surface area (Å²) < 4.78 is 27.5. The minimum atomic E-state index is -0.654. The van der Waals surface area contributed by atoms with Crippen molar-refractivity contribution in [1.82, 2.24) is 0 Å². The lowest BCUT2D eigenvalue weighted by atomic mass is 10.1. The number of rotatable bonds is 5. The molecule has 0 aliphatic heterocycles. The summed E-state index contributed by atoms with van der Waals surface area (Å²) in [6.45, 7) is 0. The zero-order valence-corrected chi connectivity index (χ0v) is 51.0. The van der Waals surface area contributed by atoms with Gasteiger partial charge in [0.05, 0.1) is 26.9 Å². The van der Waals surface area contributed by atoms with Crippen LogP contribution in [0, 0.1) is 0 Å².